The van der Waals surface area contributed by atoms with Gasteiger partial charge in [-0.2, -0.15) is 0 Å². The first-order valence-corrected chi connectivity index (χ1v) is 13.3. The molecule has 0 aromatic heterocycles. The van der Waals surface area contributed by atoms with Crippen LogP contribution >= 0.6 is 0 Å². The Morgan fingerprint density at radius 1 is 1.11 bits per heavy atom. The number of amides is 1. The molecular formula is C29H38N2O7. The van der Waals surface area contributed by atoms with E-state index in [0.717, 1.165) is 42.6 Å². The van der Waals surface area contributed by atoms with E-state index in [1.54, 1.807) is 14.2 Å². The quantitative estimate of drug-likeness (QED) is 0.379. The summed E-state index contributed by atoms with van der Waals surface area (Å²) in [5.41, 5.74) is 1.89. The summed E-state index contributed by atoms with van der Waals surface area (Å²) in [5, 5.41) is 13.4. The molecule has 2 N–H and O–H groups in total. The van der Waals surface area contributed by atoms with Crippen LogP contribution in [0.25, 0.3) is 0 Å². The van der Waals surface area contributed by atoms with Gasteiger partial charge in [-0.3, -0.25) is 14.5 Å². The second-order valence-electron chi connectivity index (χ2n) is 9.83. The lowest BCUT2D eigenvalue weighted by Gasteiger charge is -2.26. The summed E-state index contributed by atoms with van der Waals surface area (Å²) in [6.07, 6.45) is 4.05. The first kappa shape index (κ1) is 27.6. The molecule has 0 radical (unpaired) electrons. The monoisotopic (exact) mass is 526 g/mol. The van der Waals surface area contributed by atoms with E-state index in [9.17, 15) is 14.7 Å². The van der Waals surface area contributed by atoms with Crippen molar-refractivity contribution in [3.05, 3.63) is 47.5 Å². The Bertz CT molecular complexity index is 1120. The zero-order chi connectivity index (χ0) is 27.1. The molecule has 2 heterocycles. The molecule has 9 nitrogen and oxygen atoms in total. The van der Waals surface area contributed by atoms with E-state index in [1.807, 2.05) is 41.3 Å². The van der Waals surface area contributed by atoms with Crippen molar-refractivity contribution in [3.8, 4) is 23.0 Å². The highest BCUT2D eigenvalue weighted by molar-refractivity contribution is 5.79. The van der Waals surface area contributed by atoms with Gasteiger partial charge in [0.2, 0.25) is 18.4 Å². The molecule has 2 aromatic carbocycles. The number of nitrogens with one attached hydrogen (secondary N) is 1. The van der Waals surface area contributed by atoms with Crippen molar-refractivity contribution in [2.75, 3.05) is 40.6 Å². The third kappa shape index (κ3) is 6.15. The van der Waals surface area contributed by atoms with Crippen molar-refractivity contribution in [3.63, 3.8) is 0 Å². The Morgan fingerprint density at radius 3 is 2.63 bits per heavy atom. The number of para-hydroxylation sites is 1. The van der Waals surface area contributed by atoms with Gasteiger partial charge < -0.3 is 29.4 Å². The van der Waals surface area contributed by atoms with Crippen molar-refractivity contribution in [1.29, 1.82) is 0 Å². The average Bonchev–Trinajstić information content (AvgIpc) is 3.53. The average molecular weight is 527 g/mol. The number of rotatable bonds is 13. The summed E-state index contributed by atoms with van der Waals surface area (Å²) in [4.78, 5) is 27.6. The highest BCUT2D eigenvalue weighted by Crippen LogP contribution is 2.47. The van der Waals surface area contributed by atoms with E-state index in [4.69, 9.17) is 18.9 Å². The molecule has 1 amide bonds. The van der Waals surface area contributed by atoms with Crippen LogP contribution in [0, 0.1) is 5.92 Å². The Kier molecular flexibility index (Phi) is 9.33. The lowest BCUT2D eigenvalue weighted by Crippen LogP contribution is -2.42. The molecule has 3 unspecified atom stereocenters. The number of nitrogens with zero attached hydrogens (tertiary/aromatic N) is 1. The highest BCUT2D eigenvalue weighted by Gasteiger charge is 2.47. The molecule has 1 fully saturated rings. The first-order valence-electron chi connectivity index (χ1n) is 13.3. The zero-order valence-corrected chi connectivity index (χ0v) is 22.4. The minimum absolute atomic E-state index is 0.0822. The van der Waals surface area contributed by atoms with E-state index in [2.05, 4.69) is 12.2 Å². The van der Waals surface area contributed by atoms with E-state index < -0.39 is 11.9 Å². The molecule has 38 heavy (non-hydrogen) atoms. The molecular weight excluding hydrogens is 488 g/mol. The summed E-state index contributed by atoms with van der Waals surface area (Å²) in [5.74, 6) is 0.434. The van der Waals surface area contributed by atoms with E-state index >= 15 is 0 Å². The molecule has 0 bridgehead atoms. The van der Waals surface area contributed by atoms with Crippen LogP contribution in [-0.4, -0.2) is 68.6 Å². The number of carbonyl (C=O) groups excluding carboxylic acids is 1. The normalized spacial score (nSPS) is 20.3. The van der Waals surface area contributed by atoms with Gasteiger partial charge in [0.15, 0.2) is 11.5 Å². The van der Waals surface area contributed by atoms with Crippen LogP contribution in [0.5, 0.6) is 23.0 Å². The number of carboxylic acids is 1. The number of hydrogen-bond donors (Lipinski definition) is 2. The van der Waals surface area contributed by atoms with Gasteiger partial charge in [-0.05, 0) is 55.0 Å². The Labute approximate surface area is 224 Å². The Morgan fingerprint density at radius 2 is 1.89 bits per heavy atom. The number of aryl methyl sites for hydroxylation is 1. The number of ether oxygens (including phenoxy) is 4. The van der Waals surface area contributed by atoms with Crippen molar-refractivity contribution in [1.82, 2.24) is 10.2 Å². The topological polar surface area (TPSA) is 107 Å². The van der Waals surface area contributed by atoms with Crippen molar-refractivity contribution in [2.45, 2.75) is 51.0 Å². The molecule has 2 aliphatic heterocycles. The number of aliphatic carboxylic acids is 1. The van der Waals surface area contributed by atoms with Gasteiger partial charge in [0, 0.05) is 25.0 Å². The predicted molar refractivity (Wildman–Crippen MR) is 142 cm³/mol. The molecule has 206 valence electrons. The minimum atomic E-state index is -0.872. The number of benzene rings is 2. The van der Waals surface area contributed by atoms with Gasteiger partial charge in [0.05, 0.1) is 26.7 Å². The fourth-order valence-corrected chi connectivity index (χ4v) is 5.61. The molecule has 4 rings (SSSR count). The van der Waals surface area contributed by atoms with Crippen LogP contribution in [0.3, 0.4) is 0 Å². The van der Waals surface area contributed by atoms with E-state index in [1.165, 1.54) is 0 Å². The summed E-state index contributed by atoms with van der Waals surface area (Å²) in [6, 6.07) is 11.3. The second-order valence-corrected chi connectivity index (χ2v) is 9.83. The number of likely N-dealkylation sites (tertiary alicyclic amines) is 1. The fourth-order valence-electron chi connectivity index (χ4n) is 5.61. The number of unbranched alkanes of at least 4 members (excludes halogenated alkanes) is 1. The van der Waals surface area contributed by atoms with Gasteiger partial charge in [-0.15, -0.1) is 0 Å². The minimum Gasteiger partial charge on any atom is -0.496 e. The van der Waals surface area contributed by atoms with Gasteiger partial charge >= 0.3 is 5.97 Å². The molecule has 2 aliphatic rings. The third-order valence-electron chi connectivity index (χ3n) is 7.48. The standard InChI is InChI=1S/C29H38N2O7/c1-4-5-13-30-26(32)17-31-16-21(20-14-24(36-3)28-25(15-20)37-18-38-28)27(29(33)34)22(31)11-8-10-19-9-6-7-12-23(19)35-2/h6-7,9,12,14-15,21-22,27H,4-5,8,10-11,13,16-18H2,1-3H3,(H,30,32)(H,33,34). The summed E-state index contributed by atoms with van der Waals surface area (Å²) in [7, 11) is 3.21. The second kappa shape index (κ2) is 12.9. The molecule has 0 saturated carbocycles. The predicted octanol–water partition coefficient (Wildman–Crippen LogP) is 3.84. The Balaban J connectivity index is 1.58. The molecule has 2 aromatic rings. The van der Waals surface area contributed by atoms with Gasteiger partial charge in [-0.1, -0.05) is 31.5 Å². The van der Waals surface area contributed by atoms with Crippen molar-refractivity contribution in [2.24, 2.45) is 5.92 Å². The maximum Gasteiger partial charge on any atom is 0.308 e. The largest absolute Gasteiger partial charge is 0.496 e. The first-order chi connectivity index (χ1) is 18.5. The van der Waals surface area contributed by atoms with Crippen LogP contribution in [-0.2, 0) is 16.0 Å². The van der Waals surface area contributed by atoms with Crippen LogP contribution in [0.15, 0.2) is 36.4 Å². The fraction of sp³-hybridized carbons (Fsp3) is 0.517. The zero-order valence-electron chi connectivity index (χ0n) is 22.4. The summed E-state index contributed by atoms with van der Waals surface area (Å²) in [6.45, 7) is 3.39. The maximum absolute atomic E-state index is 12.8. The SMILES string of the molecule is CCCCNC(=O)CN1CC(c2cc(OC)c3c(c2)OCO3)C(C(=O)O)C1CCCc1ccccc1OC. The van der Waals surface area contributed by atoms with Gasteiger partial charge in [0.25, 0.3) is 0 Å². The summed E-state index contributed by atoms with van der Waals surface area (Å²) < 4.78 is 22.1. The molecule has 1 saturated heterocycles. The number of carbonyl (C=O) groups is 2. The third-order valence-corrected chi connectivity index (χ3v) is 7.48. The molecule has 3 atom stereocenters. The van der Waals surface area contributed by atoms with Crippen LogP contribution in [0.2, 0.25) is 0 Å². The van der Waals surface area contributed by atoms with Crippen molar-refractivity contribution < 1.29 is 33.6 Å². The number of carboxylic acid groups (broad SMARTS) is 1. The molecule has 9 heteroatoms. The lowest BCUT2D eigenvalue weighted by atomic mass is 9.83. The highest BCUT2D eigenvalue weighted by atomic mass is 16.7. The van der Waals surface area contributed by atoms with E-state index in [0.29, 0.717) is 36.8 Å². The van der Waals surface area contributed by atoms with Crippen LogP contribution in [0.1, 0.15) is 49.7 Å². The Hall–Kier alpha value is -3.46. The van der Waals surface area contributed by atoms with Crippen molar-refractivity contribution >= 4 is 11.9 Å². The number of fused-ring (bicyclic) bond motifs is 1. The number of hydrogen-bond acceptors (Lipinski definition) is 7. The number of methoxy groups -OCH3 is 2. The molecule has 0 spiro atoms. The smallest absolute Gasteiger partial charge is 0.308 e. The lowest BCUT2D eigenvalue weighted by molar-refractivity contribution is -0.143. The van der Waals surface area contributed by atoms with Gasteiger partial charge in [-0.25, -0.2) is 0 Å². The van der Waals surface area contributed by atoms with E-state index in [-0.39, 0.29) is 31.2 Å². The maximum atomic E-state index is 12.8. The summed E-state index contributed by atoms with van der Waals surface area (Å²) >= 11 is 0. The molecule has 0 aliphatic carbocycles. The van der Waals surface area contributed by atoms with Crippen LogP contribution < -0.4 is 24.3 Å². The van der Waals surface area contributed by atoms with Gasteiger partial charge in [0.1, 0.15) is 5.75 Å². The van der Waals surface area contributed by atoms with Crippen LogP contribution in [0.4, 0.5) is 0 Å².